The van der Waals surface area contributed by atoms with Gasteiger partial charge in [0.05, 0.1) is 25.4 Å². The average Bonchev–Trinajstić information content (AvgIpc) is 2.17. The second-order valence-corrected chi connectivity index (χ2v) is 4.25. The Balaban J connectivity index is 3.60. The molecule has 0 spiro atoms. The summed E-state index contributed by atoms with van der Waals surface area (Å²) in [4.78, 5) is 0. The van der Waals surface area contributed by atoms with Gasteiger partial charge in [-0.1, -0.05) is 13.8 Å². The van der Waals surface area contributed by atoms with E-state index in [0.717, 1.165) is 12.8 Å². The molecule has 0 aromatic carbocycles. The Bertz CT molecular complexity index is 142. The highest BCUT2D eigenvalue weighted by atomic mass is 16.5. The lowest BCUT2D eigenvalue weighted by Crippen LogP contribution is -2.42. The van der Waals surface area contributed by atoms with Crippen LogP contribution in [0.15, 0.2) is 0 Å². The molecule has 4 nitrogen and oxygen atoms in total. The molecule has 0 aromatic heterocycles. The summed E-state index contributed by atoms with van der Waals surface area (Å²) in [6.45, 7) is 5.38. The average molecular weight is 219 g/mol. The topological polar surface area (TPSA) is 64.7 Å². The quantitative estimate of drug-likeness (QED) is 0.562. The molecule has 3 N–H and O–H groups in total. The fourth-order valence-corrected chi connectivity index (χ4v) is 1.34. The first-order chi connectivity index (χ1) is 7.11. The molecule has 0 aliphatic carbocycles. The molecule has 0 aliphatic heterocycles. The summed E-state index contributed by atoms with van der Waals surface area (Å²) in [5.74, 6) is 0.689. The van der Waals surface area contributed by atoms with Crippen molar-refractivity contribution in [3.8, 4) is 0 Å². The van der Waals surface area contributed by atoms with Crippen molar-refractivity contribution in [2.24, 2.45) is 11.7 Å². The second kappa shape index (κ2) is 9.09. The fourth-order valence-electron chi connectivity index (χ4n) is 1.34. The highest BCUT2D eigenvalue weighted by molar-refractivity contribution is 4.72. The zero-order valence-electron chi connectivity index (χ0n) is 10.1. The van der Waals surface area contributed by atoms with Crippen LogP contribution in [0.3, 0.4) is 0 Å². The highest BCUT2D eigenvalue weighted by Gasteiger charge is 2.17. The molecule has 2 unspecified atom stereocenters. The largest absolute Gasteiger partial charge is 0.394 e. The van der Waals surface area contributed by atoms with E-state index in [1.165, 1.54) is 0 Å². The lowest BCUT2D eigenvalue weighted by atomic mass is 10.1. The van der Waals surface area contributed by atoms with Crippen molar-refractivity contribution in [2.75, 3.05) is 26.9 Å². The molecule has 2 atom stereocenters. The second-order valence-electron chi connectivity index (χ2n) is 4.25. The van der Waals surface area contributed by atoms with Gasteiger partial charge in [0.2, 0.25) is 0 Å². The minimum absolute atomic E-state index is 0.0494. The summed E-state index contributed by atoms with van der Waals surface area (Å²) in [5.41, 5.74) is 5.77. The normalized spacial score (nSPS) is 15.6. The van der Waals surface area contributed by atoms with Gasteiger partial charge in [-0.15, -0.1) is 0 Å². The highest BCUT2D eigenvalue weighted by Crippen LogP contribution is 2.05. The van der Waals surface area contributed by atoms with Gasteiger partial charge in [0, 0.05) is 13.7 Å². The molecule has 0 radical (unpaired) electrons. The Kier molecular flexibility index (Phi) is 9.00. The van der Waals surface area contributed by atoms with Crippen LogP contribution in [-0.2, 0) is 9.47 Å². The maximum absolute atomic E-state index is 9.07. The van der Waals surface area contributed by atoms with Gasteiger partial charge < -0.3 is 20.3 Å². The van der Waals surface area contributed by atoms with E-state index in [4.69, 9.17) is 20.3 Å². The van der Waals surface area contributed by atoms with Crippen LogP contribution >= 0.6 is 0 Å². The molecule has 0 saturated heterocycles. The lowest BCUT2D eigenvalue weighted by Gasteiger charge is -2.21. The van der Waals surface area contributed by atoms with Crippen molar-refractivity contribution < 1.29 is 14.6 Å². The Morgan fingerprint density at radius 3 is 2.47 bits per heavy atom. The summed E-state index contributed by atoms with van der Waals surface area (Å²) in [7, 11) is 1.59. The van der Waals surface area contributed by atoms with Gasteiger partial charge >= 0.3 is 0 Å². The fraction of sp³-hybridized carbons (Fsp3) is 1.00. The summed E-state index contributed by atoms with van der Waals surface area (Å²) in [5, 5.41) is 9.07. The van der Waals surface area contributed by atoms with E-state index in [2.05, 4.69) is 13.8 Å². The molecule has 0 bridgehead atoms. The van der Waals surface area contributed by atoms with Crippen LogP contribution in [0.4, 0.5) is 0 Å². The van der Waals surface area contributed by atoms with Crippen LogP contribution in [0.2, 0.25) is 0 Å². The predicted octanol–water partition coefficient (Wildman–Crippen LogP) is 0.774. The first-order valence-electron chi connectivity index (χ1n) is 5.58. The van der Waals surface area contributed by atoms with Crippen molar-refractivity contribution in [3.05, 3.63) is 0 Å². The summed E-state index contributed by atoms with van der Waals surface area (Å²) in [6, 6.07) is -0.251. The van der Waals surface area contributed by atoms with Gasteiger partial charge in [0.1, 0.15) is 0 Å². The summed E-state index contributed by atoms with van der Waals surface area (Å²) >= 11 is 0. The molecule has 0 rings (SSSR count). The van der Waals surface area contributed by atoms with Crippen LogP contribution in [-0.4, -0.2) is 44.2 Å². The number of aliphatic hydroxyl groups excluding tert-OH is 1. The molecular formula is C11H25NO3. The maximum atomic E-state index is 9.07. The monoisotopic (exact) mass is 219 g/mol. The van der Waals surface area contributed by atoms with Crippen molar-refractivity contribution in [1.82, 2.24) is 0 Å². The first kappa shape index (κ1) is 14.8. The molecule has 0 amide bonds. The zero-order valence-corrected chi connectivity index (χ0v) is 10.1. The van der Waals surface area contributed by atoms with Crippen LogP contribution in [0, 0.1) is 5.92 Å². The minimum atomic E-state index is -0.308. The molecule has 0 aliphatic rings. The van der Waals surface area contributed by atoms with Crippen LogP contribution in [0.1, 0.15) is 26.7 Å². The Morgan fingerprint density at radius 2 is 2.00 bits per heavy atom. The third-order valence-corrected chi connectivity index (χ3v) is 2.27. The Hall–Kier alpha value is -0.160. The third-order valence-electron chi connectivity index (χ3n) is 2.27. The molecule has 0 saturated carbocycles. The number of hydrogen-bond acceptors (Lipinski definition) is 4. The molecule has 92 valence electrons. The molecule has 0 heterocycles. The van der Waals surface area contributed by atoms with E-state index in [1.807, 2.05) is 0 Å². The van der Waals surface area contributed by atoms with E-state index in [0.29, 0.717) is 19.1 Å². The molecular weight excluding hydrogens is 194 g/mol. The van der Waals surface area contributed by atoms with Gasteiger partial charge in [-0.2, -0.15) is 0 Å². The number of ether oxygens (including phenoxy) is 2. The molecule has 0 aromatic rings. The Morgan fingerprint density at radius 1 is 1.33 bits per heavy atom. The van der Waals surface area contributed by atoms with Crippen molar-refractivity contribution in [3.63, 3.8) is 0 Å². The van der Waals surface area contributed by atoms with Crippen LogP contribution in [0.5, 0.6) is 0 Å². The van der Waals surface area contributed by atoms with Gasteiger partial charge in [-0.05, 0) is 18.8 Å². The lowest BCUT2D eigenvalue weighted by molar-refractivity contribution is -0.0195. The van der Waals surface area contributed by atoms with Crippen molar-refractivity contribution in [2.45, 2.75) is 38.8 Å². The van der Waals surface area contributed by atoms with Gasteiger partial charge in [0.25, 0.3) is 0 Å². The maximum Gasteiger partial charge on any atom is 0.0978 e. The first-order valence-corrected chi connectivity index (χ1v) is 5.58. The minimum Gasteiger partial charge on any atom is -0.394 e. The van der Waals surface area contributed by atoms with Gasteiger partial charge in [-0.3, -0.25) is 0 Å². The number of aliphatic hydroxyl groups is 1. The van der Waals surface area contributed by atoms with E-state index < -0.39 is 0 Å². The number of hydrogen-bond donors (Lipinski definition) is 2. The number of rotatable bonds is 9. The van der Waals surface area contributed by atoms with Gasteiger partial charge in [0.15, 0.2) is 0 Å². The van der Waals surface area contributed by atoms with Crippen molar-refractivity contribution >= 4 is 0 Å². The number of nitrogens with two attached hydrogens (primary N) is 1. The molecule has 0 fully saturated rings. The molecule has 15 heavy (non-hydrogen) atoms. The smallest absolute Gasteiger partial charge is 0.0978 e. The van der Waals surface area contributed by atoms with Crippen LogP contribution < -0.4 is 5.73 Å². The zero-order chi connectivity index (χ0) is 11.7. The van der Waals surface area contributed by atoms with Crippen LogP contribution in [0.25, 0.3) is 0 Å². The standard InChI is InChI=1S/C11H25NO3/c1-9(2)5-4-6-15-11(7-13)10(12)8-14-3/h9-11,13H,4-8,12H2,1-3H3. The summed E-state index contributed by atoms with van der Waals surface area (Å²) in [6.07, 6.45) is 1.84. The van der Waals surface area contributed by atoms with Gasteiger partial charge in [-0.25, -0.2) is 0 Å². The van der Waals surface area contributed by atoms with E-state index >= 15 is 0 Å². The third kappa shape index (κ3) is 7.73. The van der Waals surface area contributed by atoms with Crippen molar-refractivity contribution in [1.29, 1.82) is 0 Å². The Labute approximate surface area is 92.7 Å². The summed E-state index contributed by atoms with van der Waals surface area (Å²) < 4.78 is 10.4. The molecule has 4 heteroatoms. The van der Waals surface area contributed by atoms with E-state index in [9.17, 15) is 0 Å². The number of methoxy groups -OCH3 is 1. The van der Waals surface area contributed by atoms with E-state index in [1.54, 1.807) is 7.11 Å². The predicted molar refractivity (Wildman–Crippen MR) is 60.7 cm³/mol. The van der Waals surface area contributed by atoms with E-state index in [-0.39, 0.29) is 18.8 Å². The SMILES string of the molecule is COCC(N)C(CO)OCCCC(C)C.